The van der Waals surface area contributed by atoms with E-state index in [1.165, 1.54) is 18.5 Å². The molecule has 0 unspecified atom stereocenters. The first-order valence-corrected chi connectivity index (χ1v) is 7.60. The molecule has 2 N–H and O–H groups in total. The minimum atomic E-state index is -0.884. The lowest BCUT2D eigenvalue weighted by Gasteiger charge is -2.07. The number of Topliss-reactive ketones (excluding diaryl/α,β-unsaturated/α-hetero) is 1. The largest absolute Gasteiger partial charge is 0.399 e. The fraction of sp³-hybridized carbons (Fsp3) is 0.105. The molecule has 4 nitrogen and oxygen atoms in total. The summed E-state index contributed by atoms with van der Waals surface area (Å²) in [6.07, 6.45) is 2.71. The molecular formula is C19H15F2N3O. The zero-order chi connectivity index (χ0) is 18.0. The van der Waals surface area contributed by atoms with Crippen LogP contribution in [-0.2, 0) is 6.42 Å². The van der Waals surface area contributed by atoms with Crippen LogP contribution in [0.4, 0.5) is 14.5 Å². The molecular weight excluding hydrogens is 324 g/mol. The molecule has 1 aromatic heterocycles. The lowest BCUT2D eigenvalue weighted by molar-refractivity contribution is 0.0983. The number of nitrogen functional groups attached to an aromatic ring is 1. The van der Waals surface area contributed by atoms with E-state index in [4.69, 9.17) is 5.73 Å². The first-order valence-electron chi connectivity index (χ1n) is 7.60. The summed E-state index contributed by atoms with van der Waals surface area (Å²) >= 11 is 0. The van der Waals surface area contributed by atoms with E-state index < -0.39 is 23.0 Å². The summed E-state index contributed by atoms with van der Waals surface area (Å²) in [5.41, 5.74) is 8.61. The van der Waals surface area contributed by atoms with Crippen LogP contribution in [-0.4, -0.2) is 15.8 Å². The molecule has 0 fully saturated rings. The summed E-state index contributed by atoms with van der Waals surface area (Å²) in [4.78, 5) is 20.6. The molecule has 0 amide bonds. The molecule has 2 aromatic carbocycles. The van der Waals surface area contributed by atoms with Crippen LogP contribution in [0.15, 0.2) is 48.8 Å². The second-order valence-corrected chi connectivity index (χ2v) is 5.66. The van der Waals surface area contributed by atoms with Gasteiger partial charge in [0.25, 0.3) is 0 Å². The highest BCUT2D eigenvalue weighted by Gasteiger charge is 2.18. The third kappa shape index (κ3) is 3.52. The van der Waals surface area contributed by atoms with Crippen LogP contribution in [0.1, 0.15) is 21.6 Å². The summed E-state index contributed by atoms with van der Waals surface area (Å²) < 4.78 is 27.3. The number of carbonyl (C=O) groups excluding carboxylic acids is 1. The van der Waals surface area contributed by atoms with Crippen molar-refractivity contribution in [1.29, 1.82) is 0 Å². The van der Waals surface area contributed by atoms with Gasteiger partial charge in [-0.1, -0.05) is 12.1 Å². The van der Waals surface area contributed by atoms with Gasteiger partial charge in [0.1, 0.15) is 11.6 Å². The van der Waals surface area contributed by atoms with E-state index in [1.807, 2.05) is 13.0 Å². The Morgan fingerprint density at radius 3 is 2.44 bits per heavy atom. The molecule has 126 valence electrons. The summed E-state index contributed by atoms with van der Waals surface area (Å²) in [7, 11) is 0. The zero-order valence-corrected chi connectivity index (χ0v) is 13.5. The first-order chi connectivity index (χ1) is 12.0. The van der Waals surface area contributed by atoms with E-state index in [1.54, 1.807) is 12.1 Å². The Morgan fingerprint density at radius 2 is 1.80 bits per heavy atom. The second kappa shape index (κ2) is 6.76. The van der Waals surface area contributed by atoms with Crippen molar-refractivity contribution in [3.05, 3.63) is 77.2 Å². The number of ketones is 1. The van der Waals surface area contributed by atoms with Crippen LogP contribution >= 0.6 is 0 Å². The van der Waals surface area contributed by atoms with Gasteiger partial charge in [0.05, 0.1) is 29.6 Å². The Balaban J connectivity index is 1.84. The average Bonchev–Trinajstić information content (AvgIpc) is 2.58. The third-order valence-electron chi connectivity index (χ3n) is 3.83. The number of rotatable bonds is 4. The van der Waals surface area contributed by atoms with Crippen LogP contribution in [0, 0.1) is 18.6 Å². The van der Waals surface area contributed by atoms with Gasteiger partial charge in [-0.25, -0.2) is 8.78 Å². The SMILES string of the molecule is Cc1ccc(N)cc1-c1cnc(CC(=O)c2c(F)cccc2F)cn1. The Morgan fingerprint density at radius 1 is 1.08 bits per heavy atom. The van der Waals surface area contributed by atoms with E-state index in [-0.39, 0.29) is 6.42 Å². The lowest BCUT2D eigenvalue weighted by atomic mass is 10.0. The Kier molecular flexibility index (Phi) is 4.52. The van der Waals surface area contributed by atoms with E-state index in [0.717, 1.165) is 23.3 Å². The van der Waals surface area contributed by atoms with Crippen LogP contribution in [0.2, 0.25) is 0 Å². The monoisotopic (exact) mass is 339 g/mol. The van der Waals surface area contributed by atoms with Crippen LogP contribution in [0.5, 0.6) is 0 Å². The highest BCUT2D eigenvalue weighted by Crippen LogP contribution is 2.23. The zero-order valence-electron chi connectivity index (χ0n) is 13.5. The fourth-order valence-electron chi connectivity index (χ4n) is 2.52. The number of anilines is 1. The van der Waals surface area contributed by atoms with E-state index in [0.29, 0.717) is 17.1 Å². The van der Waals surface area contributed by atoms with Gasteiger partial charge in [0.15, 0.2) is 5.78 Å². The van der Waals surface area contributed by atoms with Gasteiger partial charge in [-0.05, 0) is 36.8 Å². The van der Waals surface area contributed by atoms with E-state index in [9.17, 15) is 13.6 Å². The quantitative estimate of drug-likeness (QED) is 0.581. The molecule has 3 rings (SSSR count). The van der Waals surface area contributed by atoms with Crippen molar-refractivity contribution in [3.8, 4) is 11.3 Å². The number of hydrogen-bond acceptors (Lipinski definition) is 4. The maximum absolute atomic E-state index is 13.7. The average molecular weight is 339 g/mol. The topological polar surface area (TPSA) is 68.9 Å². The maximum atomic E-state index is 13.7. The number of benzene rings is 2. The standard InChI is InChI=1S/C19H15F2N3O/c1-11-5-6-12(22)7-14(11)17-10-23-13(9-24-17)8-18(25)19-15(20)3-2-4-16(19)21/h2-7,9-10H,8,22H2,1H3. The minimum Gasteiger partial charge on any atom is -0.399 e. The summed E-state index contributed by atoms with van der Waals surface area (Å²) in [5.74, 6) is -2.45. The molecule has 25 heavy (non-hydrogen) atoms. The van der Waals surface area contributed by atoms with Gasteiger partial charge in [0.2, 0.25) is 0 Å². The molecule has 0 saturated heterocycles. The Labute approximate surface area is 143 Å². The molecule has 3 aromatic rings. The van der Waals surface area contributed by atoms with Crippen molar-refractivity contribution in [2.24, 2.45) is 0 Å². The molecule has 0 bridgehead atoms. The molecule has 0 aliphatic heterocycles. The number of hydrogen-bond donors (Lipinski definition) is 1. The van der Waals surface area contributed by atoms with Crippen molar-refractivity contribution in [3.63, 3.8) is 0 Å². The minimum absolute atomic E-state index is 0.235. The molecule has 0 spiro atoms. The van der Waals surface area contributed by atoms with Gasteiger partial charge in [0, 0.05) is 17.4 Å². The highest BCUT2D eigenvalue weighted by molar-refractivity contribution is 5.97. The van der Waals surface area contributed by atoms with Gasteiger partial charge in [-0.3, -0.25) is 14.8 Å². The predicted octanol–water partition coefficient (Wildman–Crippen LogP) is 3.74. The van der Waals surface area contributed by atoms with Crippen molar-refractivity contribution in [2.45, 2.75) is 13.3 Å². The Hall–Kier alpha value is -3.15. The second-order valence-electron chi connectivity index (χ2n) is 5.66. The van der Waals surface area contributed by atoms with Crippen LogP contribution in [0.3, 0.4) is 0 Å². The smallest absolute Gasteiger partial charge is 0.174 e. The molecule has 0 radical (unpaired) electrons. The van der Waals surface area contributed by atoms with Gasteiger partial charge >= 0.3 is 0 Å². The predicted molar refractivity (Wildman–Crippen MR) is 91.0 cm³/mol. The summed E-state index contributed by atoms with van der Waals surface area (Å²) in [5, 5.41) is 0. The van der Waals surface area contributed by atoms with Crippen molar-refractivity contribution in [2.75, 3.05) is 5.73 Å². The van der Waals surface area contributed by atoms with E-state index >= 15 is 0 Å². The highest BCUT2D eigenvalue weighted by atomic mass is 19.1. The third-order valence-corrected chi connectivity index (χ3v) is 3.83. The number of nitrogens with zero attached hydrogens (tertiary/aromatic N) is 2. The summed E-state index contributed by atoms with van der Waals surface area (Å²) in [6, 6.07) is 8.77. The van der Waals surface area contributed by atoms with Crippen molar-refractivity contribution < 1.29 is 13.6 Å². The maximum Gasteiger partial charge on any atom is 0.174 e. The van der Waals surface area contributed by atoms with Crippen molar-refractivity contribution in [1.82, 2.24) is 9.97 Å². The van der Waals surface area contributed by atoms with Crippen LogP contribution < -0.4 is 5.73 Å². The number of aromatic nitrogens is 2. The number of aryl methyl sites for hydroxylation is 1. The van der Waals surface area contributed by atoms with Gasteiger partial charge < -0.3 is 5.73 Å². The number of halogens is 2. The lowest BCUT2D eigenvalue weighted by Crippen LogP contribution is -2.10. The molecule has 0 aliphatic carbocycles. The van der Waals surface area contributed by atoms with Gasteiger partial charge in [-0.2, -0.15) is 0 Å². The molecule has 6 heteroatoms. The molecule has 0 saturated carbocycles. The van der Waals surface area contributed by atoms with E-state index in [2.05, 4.69) is 9.97 Å². The van der Waals surface area contributed by atoms with Crippen molar-refractivity contribution >= 4 is 11.5 Å². The fourth-order valence-corrected chi connectivity index (χ4v) is 2.52. The normalized spacial score (nSPS) is 10.7. The van der Waals surface area contributed by atoms with Crippen LogP contribution in [0.25, 0.3) is 11.3 Å². The first kappa shape index (κ1) is 16.7. The molecule has 0 atom stereocenters. The number of carbonyl (C=O) groups is 1. The molecule has 1 heterocycles. The molecule has 0 aliphatic rings. The van der Waals surface area contributed by atoms with Gasteiger partial charge in [-0.15, -0.1) is 0 Å². The number of nitrogens with two attached hydrogens (primary N) is 1. The summed E-state index contributed by atoms with van der Waals surface area (Å²) in [6.45, 7) is 1.93. The Bertz CT molecular complexity index is 920.